The highest BCUT2D eigenvalue weighted by atomic mass is 15.3. The number of rotatable bonds is 5. The van der Waals surface area contributed by atoms with E-state index in [-0.39, 0.29) is 0 Å². The second-order valence-electron chi connectivity index (χ2n) is 6.81. The third-order valence-electron chi connectivity index (χ3n) is 5.43. The van der Waals surface area contributed by atoms with Gasteiger partial charge in [-0.1, -0.05) is 39.5 Å². The maximum Gasteiger partial charge on any atom is 0.0252 e. The molecule has 0 aromatic heterocycles. The van der Waals surface area contributed by atoms with Crippen molar-refractivity contribution in [2.24, 2.45) is 5.92 Å². The summed E-state index contributed by atoms with van der Waals surface area (Å²) in [6.07, 6.45) is 11.3. The molecule has 1 saturated heterocycles. The molecule has 2 rings (SSSR count). The second-order valence-corrected chi connectivity index (χ2v) is 6.81. The molecule has 2 fully saturated rings. The highest BCUT2D eigenvalue weighted by Crippen LogP contribution is 2.31. The minimum absolute atomic E-state index is 0.721. The molecule has 1 aliphatic heterocycles. The average Bonchev–Trinajstić information content (AvgIpc) is 2.47. The lowest BCUT2D eigenvalue weighted by Gasteiger charge is -2.47. The van der Waals surface area contributed by atoms with Crippen LogP contribution in [-0.4, -0.2) is 36.1 Å². The van der Waals surface area contributed by atoms with Crippen LogP contribution in [0.2, 0.25) is 0 Å². The molecule has 2 nitrogen and oxygen atoms in total. The van der Waals surface area contributed by atoms with Crippen LogP contribution in [0.1, 0.15) is 72.1 Å². The largest absolute Gasteiger partial charge is 0.311 e. The van der Waals surface area contributed by atoms with Gasteiger partial charge in [-0.3, -0.25) is 4.90 Å². The summed E-state index contributed by atoms with van der Waals surface area (Å²) in [7, 11) is 0. The molecule has 19 heavy (non-hydrogen) atoms. The van der Waals surface area contributed by atoms with E-state index in [1.807, 2.05) is 0 Å². The van der Waals surface area contributed by atoms with Gasteiger partial charge in [0.05, 0.1) is 0 Å². The lowest BCUT2D eigenvalue weighted by atomic mass is 9.81. The second kappa shape index (κ2) is 7.64. The number of nitrogens with zero attached hydrogens (tertiary/aromatic N) is 1. The molecule has 112 valence electrons. The zero-order valence-electron chi connectivity index (χ0n) is 13.3. The van der Waals surface area contributed by atoms with Crippen molar-refractivity contribution in [1.82, 2.24) is 10.2 Å². The van der Waals surface area contributed by atoms with Gasteiger partial charge >= 0.3 is 0 Å². The summed E-state index contributed by atoms with van der Waals surface area (Å²) < 4.78 is 0. The first-order chi connectivity index (χ1) is 9.26. The molecule has 0 spiro atoms. The molecule has 1 saturated carbocycles. The van der Waals surface area contributed by atoms with E-state index in [9.17, 15) is 0 Å². The molecule has 1 heterocycles. The fourth-order valence-electron chi connectivity index (χ4n) is 4.18. The standard InChI is InChI=1S/C17H34N2/c1-4-9-14(3)19-13-16(5-2)18-12-17(19)15-10-7-6-8-11-15/h14-18H,4-13H2,1-3H3. The van der Waals surface area contributed by atoms with Crippen molar-refractivity contribution in [2.75, 3.05) is 13.1 Å². The topological polar surface area (TPSA) is 15.3 Å². The van der Waals surface area contributed by atoms with Gasteiger partial charge in [-0.25, -0.2) is 0 Å². The normalized spacial score (nSPS) is 32.4. The van der Waals surface area contributed by atoms with Crippen molar-refractivity contribution in [1.29, 1.82) is 0 Å². The quantitative estimate of drug-likeness (QED) is 0.814. The molecule has 0 radical (unpaired) electrons. The molecule has 0 amide bonds. The van der Waals surface area contributed by atoms with Crippen molar-refractivity contribution in [3.63, 3.8) is 0 Å². The maximum atomic E-state index is 3.80. The molecule has 3 atom stereocenters. The van der Waals surface area contributed by atoms with Crippen LogP contribution in [-0.2, 0) is 0 Å². The first-order valence-corrected chi connectivity index (χ1v) is 8.75. The molecule has 0 aromatic rings. The van der Waals surface area contributed by atoms with E-state index in [1.54, 1.807) is 0 Å². The molecule has 2 heteroatoms. The summed E-state index contributed by atoms with van der Waals surface area (Å²) in [4.78, 5) is 2.87. The van der Waals surface area contributed by atoms with Gasteiger partial charge in [0.25, 0.3) is 0 Å². The van der Waals surface area contributed by atoms with Crippen LogP contribution in [0.3, 0.4) is 0 Å². The third kappa shape index (κ3) is 3.95. The summed E-state index contributed by atoms with van der Waals surface area (Å²) in [6, 6.07) is 2.30. The maximum absolute atomic E-state index is 3.80. The Kier molecular flexibility index (Phi) is 6.15. The third-order valence-corrected chi connectivity index (χ3v) is 5.43. The summed E-state index contributed by atoms with van der Waals surface area (Å²) in [5.41, 5.74) is 0. The predicted octanol–water partition coefficient (Wildman–Crippen LogP) is 3.81. The van der Waals surface area contributed by atoms with E-state index < -0.39 is 0 Å². The molecule has 0 bridgehead atoms. The van der Waals surface area contributed by atoms with Gasteiger partial charge in [0.2, 0.25) is 0 Å². The van der Waals surface area contributed by atoms with Crippen LogP contribution in [0.4, 0.5) is 0 Å². The van der Waals surface area contributed by atoms with Gasteiger partial charge in [0.1, 0.15) is 0 Å². The van der Waals surface area contributed by atoms with Gasteiger partial charge in [0.15, 0.2) is 0 Å². The van der Waals surface area contributed by atoms with Crippen molar-refractivity contribution in [3.05, 3.63) is 0 Å². The number of hydrogen-bond acceptors (Lipinski definition) is 2. The Labute approximate surface area is 120 Å². The van der Waals surface area contributed by atoms with Crippen LogP contribution < -0.4 is 5.32 Å². The lowest BCUT2D eigenvalue weighted by Crippen LogP contribution is -2.61. The minimum Gasteiger partial charge on any atom is -0.311 e. The Morgan fingerprint density at radius 2 is 1.89 bits per heavy atom. The molecule has 1 aliphatic carbocycles. The van der Waals surface area contributed by atoms with E-state index in [2.05, 4.69) is 31.0 Å². The van der Waals surface area contributed by atoms with Crippen molar-refractivity contribution >= 4 is 0 Å². The Hall–Kier alpha value is -0.0800. The Bertz CT molecular complexity index is 248. The predicted molar refractivity (Wildman–Crippen MR) is 83.5 cm³/mol. The number of nitrogens with one attached hydrogen (secondary N) is 1. The molecular formula is C17H34N2. The Balaban J connectivity index is 2.00. The van der Waals surface area contributed by atoms with E-state index in [1.165, 1.54) is 64.5 Å². The molecule has 0 aromatic carbocycles. The molecular weight excluding hydrogens is 232 g/mol. The van der Waals surface area contributed by atoms with Crippen LogP contribution in [0.25, 0.3) is 0 Å². The van der Waals surface area contributed by atoms with Crippen molar-refractivity contribution in [2.45, 2.75) is 90.3 Å². The summed E-state index contributed by atoms with van der Waals surface area (Å²) in [5.74, 6) is 0.957. The van der Waals surface area contributed by atoms with Crippen LogP contribution in [0.15, 0.2) is 0 Å². The van der Waals surface area contributed by atoms with E-state index in [0.29, 0.717) is 0 Å². The highest BCUT2D eigenvalue weighted by Gasteiger charge is 2.35. The molecule has 1 N–H and O–H groups in total. The lowest BCUT2D eigenvalue weighted by molar-refractivity contribution is 0.0372. The van der Waals surface area contributed by atoms with E-state index in [4.69, 9.17) is 0 Å². The first kappa shape index (κ1) is 15.3. The van der Waals surface area contributed by atoms with Crippen molar-refractivity contribution < 1.29 is 0 Å². The number of hydrogen-bond donors (Lipinski definition) is 1. The van der Waals surface area contributed by atoms with Gasteiger partial charge in [-0.05, 0) is 38.5 Å². The molecule has 2 aliphatic rings. The van der Waals surface area contributed by atoms with Gasteiger partial charge in [-0.2, -0.15) is 0 Å². The fourth-order valence-corrected chi connectivity index (χ4v) is 4.18. The summed E-state index contributed by atoms with van der Waals surface area (Å²) in [6.45, 7) is 9.61. The van der Waals surface area contributed by atoms with Crippen LogP contribution >= 0.6 is 0 Å². The van der Waals surface area contributed by atoms with Gasteiger partial charge in [-0.15, -0.1) is 0 Å². The smallest absolute Gasteiger partial charge is 0.0252 e. The van der Waals surface area contributed by atoms with Gasteiger partial charge < -0.3 is 5.32 Å². The van der Waals surface area contributed by atoms with Gasteiger partial charge in [0, 0.05) is 31.2 Å². The zero-order chi connectivity index (χ0) is 13.7. The Morgan fingerprint density at radius 1 is 1.16 bits per heavy atom. The van der Waals surface area contributed by atoms with Crippen molar-refractivity contribution in [3.8, 4) is 0 Å². The highest BCUT2D eigenvalue weighted by molar-refractivity contribution is 4.92. The summed E-state index contributed by atoms with van der Waals surface area (Å²) >= 11 is 0. The zero-order valence-corrected chi connectivity index (χ0v) is 13.3. The minimum atomic E-state index is 0.721. The van der Waals surface area contributed by atoms with Crippen LogP contribution in [0, 0.1) is 5.92 Å². The van der Waals surface area contributed by atoms with E-state index >= 15 is 0 Å². The monoisotopic (exact) mass is 266 g/mol. The number of piperazine rings is 1. The summed E-state index contributed by atoms with van der Waals surface area (Å²) in [5, 5.41) is 3.80. The fraction of sp³-hybridized carbons (Fsp3) is 1.00. The SMILES string of the molecule is CCCC(C)N1CC(CC)NCC1C1CCCCC1. The first-order valence-electron chi connectivity index (χ1n) is 8.75. The van der Waals surface area contributed by atoms with E-state index in [0.717, 1.165) is 24.0 Å². The average molecular weight is 266 g/mol. The Morgan fingerprint density at radius 3 is 2.53 bits per heavy atom. The van der Waals surface area contributed by atoms with Crippen LogP contribution in [0.5, 0.6) is 0 Å². The molecule has 3 unspecified atom stereocenters.